The Kier molecular flexibility index (Phi) is 6.64. The summed E-state index contributed by atoms with van der Waals surface area (Å²) in [5, 5.41) is 3.65. The number of hydrogen-bond acceptors (Lipinski definition) is 3. The second kappa shape index (κ2) is 8.71. The predicted molar refractivity (Wildman–Crippen MR) is 96.3 cm³/mol. The molecule has 1 N–H and O–H groups in total. The number of halogens is 2. The first-order valence-corrected chi connectivity index (χ1v) is 8.20. The van der Waals surface area contributed by atoms with Crippen LogP contribution < -0.4 is 10.1 Å². The van der Waals surface area contributed by atoms with Gasteiger partial charge in [0.2, 0.25) is 5.91 Å². The van der Waals surface area contributed by atoms with Crippen molar-refractivity contribution >= 4 is 40.6 Å². The molecule has 0 atom stereocenters. The van der Waals surface area contributed by atoms with Crippen molar-refractivity contribution in [3.8, 4) is 5.75 Å². The average Bonchev–Trinajstić information content (AvgIpc) is 2.55. The Labute approximate surface area is 150 Å². The van der Waals surface area contributed by atoms with E-state index in [4.69, 9.17) is 27.9 Å². The molecule has 0 aliphatic carbocycles. The topological polar surface area (TPSA) is 55.4 Å². The van der Waals surface area contributed by atoms with Crippen molar-refractivity contribution in [1.29, 1.82) is 0 Å². The third-order valence-electron chi connectivity index (χ3n) is 3.28. The van der Waals surface area contributed by atoms with Gasteiger partial charge in [-0.15, -0.1) is 0 Å². The fraction of sp³-hybridized carbons (Fsp3) is 0.222. The van der Waals surface area contributed by atoms with Crippen LogP contribution in [0.25, 0.3) is 0 Å². The highest BCUT2D eigenvalue weighted by Gasteiger charge is 2.06. The summed E-state index contributed by atoms with van der Waals surface area (Å²) in [6, 6.07) is 11.8. The number of ether oxygens (including phenoxy) is 1. The van der Waals surface area contributed by atoms with Gasteiger partial charge in [0.1, 0.15) is 5.75 Å². The molecule has 0 unspecified atom stereocenters. The summed E-state index contributed by atoms with van der Waals surface area (Å²) in [7, 11) is 0. The van der Waals surface area contributed by atoms with Crippen molar-refractivity contribution in [1.82, 2.24) is 0 Å². The van der Waals surface area contributed by atoms with Crippen LogP contribution in [0.3, 0.4) is 0 Å². The van der Waals surface area contributed by atoms with Gasteiger partial charge in [0, 0.05) is 17.0 Å². The lowest BCUT2D eigenvalue weighted by Crippen LogP contribution is -2.13. The standard InChI is InChI=1S/C18H17Cl2NO3/c1-12(22)13-4-7-15(8-5-13)24-10-2-3-18(23)21-17-9-6-14(19)11-16(17)20/h4-9,11H,2-3,10H2,1H3,(H,21,23). The van der Waals surface area contributed by atoms with Crippen molar-refractivity contribution in [2.24, 2.45) is 0 Å². The number of carbonyl (C=O) groups excluding carboxylic acids is 2. The zero-order valence-electron chi connectivity index (χ0n) is 13.1. The Hall–Kier alpha value is -2.04. The third-order valence-corrected chi connectivity index (χ3v) is 3.83. The van der Waals surface area contributed by atoms with E-state index in [2.05, 4.69) is 5.32 Å². The van der Waals surface area contributed by atoms with Gasteiger partial charge in [-0.05, 0) is 55.8 Å². The molecule has 0 bridgehead atoms. The molecule has 4 nitrogen and oxygen atoms in total. The predicted octanol–water partition coefficient (Wildman–Crippen LogP) is 4.99. The van der Waals surface area contributed by atoms with Crippen molar-refractivity contribution in [2.75, 3.05) is 11.9 Å². The molecule has 6 heteroatoms. The molecule has 1 amide bonds. The Morgan fingerprint density at radius 3 is 2.42 bits per heavy atom. The molecule has 0 aliphatic rings. The molecule has 0 spiro atoms. The lowest BCUT2D eigenvalue weighted by Gasteiger charge is -2.09. The molecule has 0 fully saturated rings. The molecule has 2 rings (SSSR count). The average molecular weight is 366 g/mol. The number of amides is 1. The molecule has 0 saturated heterocycles. The summed E-state index contributed by atoms with van der Waals surface area (Å²) in [5.41, 5.74) is 1.17. The number of anilines is 1. The van der Waals surface area contributed by atoms with Gasteiger partial charge >= 0.3 is 0 Å². The second-order valence-corrected chi connectivity index (χ2v) is 6.05. The maximum atomic E-state index is 11.9. The molecular weight excluding hydrogens is 349 g/mol. The van der Waals surface area contributed by atoms with Crippen LogP contribution in [0.1, 0.15) is 30.1 Å². The summed E-state index contributed by atoms with van der Waals surface area (Å²) in [6.07, 6.45) is 0.871. The zero-order valence-corrected chi connectivity index (χ0v) is 14.7. The van der Waals surface area contributed by atoms with E-state index < -0.39 is 0 Å². The van der Waals surface area contributed by atoms with Gasteiger partial charge in [-0.2, -0.15) is 0 Å². The van der Waals surface area contributed by atoms with Crippen LogP contribution in [0, 0.1) is 0 Å². The number of hydrogen-bond donors (Lipinski definition) is 1. The van der Waals surface area contributed by atoms with Gasteiger partial charge < -0.3 is 10.1 Å². The Balaban J connectivity index is 1.73. The molecule has 2 aromatic carbocycles. The fourth-order valence-electron chi connectivity index (χ4n) is 2.01. The number of Topliss-reactive ketones (excluding diaryl/α,β-unsaturated/α-hetero) is 1. The van der Waals surface area contributed by atoms with E-state index in [0.717, 1.165) is 0 Å². The molecule has 24 heavy (non-hydrogen) atoms. The Morgan fingerprint density at radius 1 is 1.08 bits per heavy atom. The van der Waals surface area contributed by atoms with Gasteiger partial charge in [-0.1, -0.05) is 23.2 Å². The molecule has 2 aromatic rings. The normalized spacial score (nSPS) is 10.3. The highest BCUT2D eigenvalue weighted by molar-refractivity contribution is 6.36. The molecule has 126 valence electrons. The quantitative estimate of drug-likeness (QED) is 0.555. The minimum Gasteiger partial charge on any atom is -0.494 e. The van der Waals surface area contributed by atoms with E-state index in [9.17, 15) is 9.59 Å². The smallest absolute Gasteiger partial charge is 0.224 e. The zero-order chi connectivity index (χ0) is 17.5. The van der Waals surface area contributed by atoms with Crippen LogP contribution >= 0.6 is 23.2 Å². The molecule has 0 radical (unpaired) electrons. The fourth-order valence-corrected chi connectivity index (χ4v) is 2.47. The van der Waals surface area contributed by atoms with E-state index in [1.165, 1.54) is 6.92 Å². The number of nitrogens with one attached hydrogen (secondary N) is 1. The minimum absolute atomic E-state index is 0.0130. The van der Waals surface area contributed by atoms with Crippen LogP contribution in [-0.4, -0.2) is 18.3 Å². The van der Waals surface area contributed by atoms with Crippen LogP contribution in [-0.2, 0) is 4.79 Å². The SMILES string of the molecule is CC(=O)c1ccc(OCCCC(=O)Nc2ccc(Cl)cc2Cl)cc1. The number of ketones is 1. The Bertz CT molecular complexity index is 730. The molecular formula is C18H17Cl2NO3. The summed E-state index contributed by atoms with van der Waals surface area (Å²) in [5.74, 6) is 0.537. The minimum atomic E-state index is -0.144. The summed E-state index contributed by atoms with van der Waals surface area (Å²) in [4.78, 5) is 23.1. The van der Waals surface area contributed by atoms with Crippen molar-refractivity contribution < 1.29 is 14.3 Å². The van der Waals surface area contributed by atoms with Gasteiger partial charge in [-0.25, -0.2) is 0 Å². The first-order valence-electron chi connectivity index (χ1n) is 7.44. The maximum absolute atomic E-state index is 11.9. The molecule has 0 aromatic heterocycles. The highest BCUT2D eigenvalue weighted by Crippen LogP contribution is 2.25. The number of rotatable bonds is 7. The second-order valence-electron chi connectivity index (χ2n) is 5.20. The first-order chi connectivity index (χ1) is 11.5. The van der Waals surface area contributed by atoms with E-state index in [1.54, 1.807) is 42.5 Å². The van der Waals surface area contributed by atoms with E-state index in [1.807, 2.05) is 0 Å². The monoisotopic (exact) mass is 365 g/mol. The summed E-state index contributed by atoms with van der Waals surface area (Å²) >= 11 is 11.8. The van der Waals surface area contributed by atoms with Gasteiger partial charge in [0.15, 0.2) is 5.78 Å². The van der Waals surface area contributed by atoms with E-state index >= 15 is 0 Å². The highest BCUT2D eigenvalue weighted by atomic mass is 35.5. The van der Waals surface area contributed by atoms with E-state index in [-0.39, 0.29) is 11.7 Å². The van der Waals surface area contributed by atoms with Crippen LogP contribution in [0.4, 0.5) is 5.69 Å². The summed E-state index contributed by atoms with van der Waals surface area (Å²) in [6.45, 7) is 1.92. The van der Waals surface area contributed by atoms with Crippen molar-refractivity contribution in [3.05, 3.63) is 58.1 Å². The molecule has 0 saturated carbocycles. The third kappa shape index (κ3) is 5.55. The van der Waals surface area contributed by atoms with Crippen LogP contribution in [0.2, 0.25) is 10.0 Å². The largest absolute Gasteiger partial charge is 0.494 e. The molecule has 0 heterocycles. The van der Waals surface area contributed by atoms with Crippen molar-refractivity contribution in [3.63, 3.8) is 0 Å². The number of benzene rings is 2. The van der Waals surface area contributed by atoms with Crippen LogP contribution in [0.5, 0.6) is 5.75 Å². The molecule has 0 aliphatic heterocycles. The first kappa shape index (κ1) is 18.3. The van der Waals surface area contributed by atoms with Gasteiger partial charge in [0.05, 0.1) is 17.3 Å². The van der Waals surface area contributed by atoms with E-state index in [0.29, 0.717) is 46.5 Å². The summed E-state index contributed by atoms with van der Waals surface area (Å²) < 4.78 is 5.55. The lowest BCUT2D eigenvalue weighted by molar-refractivity contribution is -0.116. The van der Waals surface area contributed by atoms with Gasteiger partial charge in [-0.3, -0.25) is 9.59 Å². The van der Waals surface area contributed by atoms with Crippen molar-refractivity contribution in [2.45, 2.75) is 19.8 Å². The van der Waals surface area contributed by atoms with Crippen LogP contribution in [0.15, 0.2) is 42.5 Å². The Morgan fingerprint density at radius 2 is 1.79 bits per heavy atom. The lowest BCUT2D eigenvalue weighted by atomic mass is 10.1. The maximum Gasteiger partial charge on any atom is 0.224 e. The van der Waals surface area contributed by atoms with Gasteiger partial charge in [0.25, 0.3) is 0 Å². The number of carbonyl (C=O) groups is 2.